The second-order valence-corrected chi connectivity index (χ2v) is 7.39. The lowest BCUT2D eigenvalue weighted by molar-refractivity contribution is -0.139. The summed E-state index contributed by atoms with van der Waals surface area (Å²) in [7, 11) is 0. The van der Waals surface area contributed by atoms with Crippen LogP contribution < -0.4 is 10.1 Å². The van der Waals surface area contributed by atoms with E-state index >= 15 is 0 Å². The minimum atomic E-state index is -0.979. The molecule has 1 aliphatic carbocycles. The van der Waals surface area contributed by atoms with E-state index in [0.29, 0.717) is 23.2 Å². The molecule has 5 nitrogen and oxygen atoms in total. The number of benzene rings is 2. The summed E-state index contributed by atoms with van der Waals surface area (Å²) in [4.78, 5) is 10.6. The van der Waals surface area contributed by atoms with Crippen molar-refractivity contribution in [2.24, 2.45) is 5.92 Å². The first-order chi connectivity index (χ1) is 13.0. The second kappa shape index (κ2) is 9.22. The molecule has 0 heterocycles. The van der Waals surface area contributed by atoms with Gasteiger partial charge in [-0.2, -0.15) is 0 Å². The van der Waals surface area contributed by atoms with E-state index in [1.54, 1.807) is 12.1 Å². The Morgan fingerprint density at radius 2 is 2.11 bits per heavy atom. The first-order valence-corrected chi connectivity index (χ1v) is 9.49. The summed E-state index contributed by atoms with van der Waals surface area (Å²) in [6.07, 6.45) is 2.41. The van der Waals surface area contributed by atoms with Crippen molar-refractivity contribution in [3.63, 3.8) is 0 Å². The van der Waals surface area contributed by atoms with Crippen LogP contribution in [-0.2, 0) is 17.6 Å². The van der Waals surface area contributed by atoms with E-state index in [-0.39, 0.29) is 6.61 Å². The topological polar surface area (TPSA) is 78.8 Å². The smallest absolute Gasteiger partial charge is 0.341 e. The zero-order valence-corrected chi connectivity index (χ0v) is 15.8. The number of carboxylic acids is 1. The Morgan fingerprint density at radius 3 is 2.89 bits per heavy atom. The van der Waals surface area contributed by atoms with E-state index in [9.17, 15) is 9.90 Å². The number of aliphatic carboxylic acids is 1. The van der Waals surface area contributed by atoms with Crippen molar-refractivity contribution in [1.82, 2.24) is 5.32 Å². The fourth-order valence-corrected chi connectivity index (χ4v) is 3.67. The van der Waals surface area contributed by atoms with Gasteiger partial charge in [-0.3, -0.25) is 0 Å². The lowest BCUT2D eigenvalue weighted by Gasteiger charge is -2.26. The third-order valence-corrected chi connectivity index (χ3v) is 5.11. The Labute approximate surface area is 163 Å². The summed E-state index contributed by atoms with van der Waals surface area (Å²) in [6, 6.07) is 13.1. The number of aliphatic hydroxyl groups is 1. The van der Waals surface area contributed by atoms with Gasteiger partial charge in [0, 0.05) is 11.6 Å². The third kappa shape index (κ3) is 5.70. The standard InChI is InChI=1S/C21H24ClNO4/c22-18-3-1-2-16(9-18)20(24)12-23-11-14-4-5-15-6-7-19(10-17(15)8-14)27-13-21(25)26/h1-3,6-7,9-10,14,20,23-24H,4-5,8,11-13H2,(H,25,26)/t14-,20-/m0/s1. The van der Waals surface area contributed by atoms with E-state index in [4.69, 9.17) is 21.4 Å². The van der Waals surface area contributed by atoms with Crippen LogP contribution in [0.1, 0.15) is 29.2 Å². The van der Waals surface area contributed by atoms with Gasteiger partial charge in [0.15, 0.2) is 6.61 Å². The molecule has 0 fully saturated rings. The highest BCUT2D eigenvalue weighted by Gasteiger charge is 2.19. The van der Waals surface area contributed by atoms with Gasteiger partial charge in [0.25, 0.3) is 0 Å². The quantitative estimate of drug-likeness (QED) is 0.646. The normalized spacial score (nSPS) is 17.2. The molecular formula is C21H24ClNO4. The first kappa shape index (κ1) is 19.7. The average molecular weight is 390 g/mol. The Balaban J connectivity index is 1.50. The maximum absolute atomic E-state index is 10.6. The van der Waals surface area contributed by atoms with Gasteiger partial charge in [-0.05, 0) is 72.7 Å². The Hall–Kier alpha value is -2.08. The van der Waals surface area contributed by atoms with Gasteiger partial charge in [0.2, 0.25) is 0 Å². The molecule has 3 rings (SSSR count). The van der Waals surface area contributed by atoms with E-state index in [1.807, 2.05) is 30.3 Å². The summed E-state index contributed by atoms with van der Waals surface area (Å²) < 4.78 is 5.28. The van der Waals surface area contributed by atoms with Crippen molar-refractivity contribution in [2.75, 3.05) is 19.7 Å². The number of hydrogen-bond acceptors (Lipinski definition) is 4. The molecule has 2 aromatic rings. The molecular weight excluding hydrogens is 366 g/mol. The molecule has 3 N–H and O–H groups in total. The molecule has 0 aliphatic heterocycles. The van der Waals surface area contributed by atoms with Crippen LogP contribution in [-0.4, -0.2) is 35.9 Å². The van der Waals surface area contributed by atoms with Crippen LogP contribution >= 0.6 is 11.6 Å². The molecule has 2 aromatic carbocycles. The second-order valence-electron chi connectivity index (χ2n) is 6.95. The lowest BCUT2D eigenvalue weighted by atomic mass is 9.83. The van der Waals surface area contributed by atoms with Crippen molar-refractivity contribution < 1.29 is 19.7 Å². The van der Waals surface area contributed by atoms with Gasteiger partial charge in [-0.25, -0.2) is 4.79 Å². The van der Waals surface area contributed by atoms with Crippen molar-refractivity contribution in [3.05, 3.63) is 64.2 Å². The van der Waals surface area contributed by atoms with Gasteiger partial charge in [-0.1, -0.05) is 29.8 Å². The highest BCUT2D eigenvalue weighted by molar-refractivity contribution is 6.30. The molecule has 0 saturated heterocycles. The largest absolute Gasteiger partial charge is 0.482 e. The Morgan fingerprint density at radius 1 is 1.26 bits per heavy atom. The predicted octanol–water partition coefficient (Wildman–Crippen LogP) is 3.23. The van der Waals surface area contributed by atoms with Crippen LogP contribution in [0.4, 0.5) is 0 Å². The molecule has 27 heavy (non-hydrogen) atoms. The van der Waals surface area contributed by atoms with Gasteiger partial charge < -0.3 is 20.3 Å². The number of nitrogens with one attached hydrogen (secondary N) is 1. The minimum Gasteiger partial charge on any atom is -0.482 e. The van der Waals surface area contributed by atoms with Crippen molar-refractivity contribution >= 4 is 17.6 Å². The number of hydrogen-bond donors (Lipinski definition) is 3. The van der Waals surface area contributed by atoms with Crippen LogP contribution in [0, 0.1) is 5.92 Å². The van der Waals surface area contributed by atoms with Gasteiger partial charge in [0.1, 0.15) is 5.75 Å². The average Bonchev–Trinajstić information content (AvgIpc) is 2.66. The Kier molecular flexibility index (Phi) is 6.72. The molecule has 0 amide bonds. The third-order valence-electron chi connectivity index (χ3n) is 4.87. The van der Waals surface area contributed by atoms with Crippen LogP contribution in [0.2, 0.25) is 5.02 Å². The Bertz CT molecular complexity index is 796. The van der Waals surface area contributed by atoms with Gasteiger partial charge >= 0.3 is 5.97 Å². The van der Waals surface area contributed by atoms with Crippen LogP contribution in [0.3, 0.4) is 0 Å². The number of rotatable bonds is 8. The van der Waals surface area contributed by atoms with Gasteiger partial charge in [0.05, 0.1) is 6.10 Å². The van der Waals surface area contributed by atoms with Crippen LogP contribution in [0.15, 0.2) is 42.5 Å². The summed E-state index contributed by atoms with van der Waals surface area (Å²) in [5, 5.41) is 23.0. The predicted molar refractivity (Wildman–Crippen MR) is 104 cm³/mol. The summed E-state index contributed by atoms with van der Waals surface area (Å²) >= 11 is 5.97. The number of carbonyl (C=O) groups is 1. The van der Waals surface area contributed by atoms with Crippen molar-refractivity contribution in [2.45, 2.75) is 25.4 Å². The van der Waals surface area contributed by atoms with E-state index in [1.165, 1.54) is 11.1 Å². The maximum atomic E-state index is 10.6. The minimum absolute atomic E-state index is 0.328. The molecule has 0 unspecified atom stereocenters. The SMILES string of the molecule is O=C(O)COc1ccc2c(c1)C[C@@H](CNC[C@H](O)c1cccc(Cl)c1)CC2. The highest BCUT2D eigenvalue weighted by atomic mass is 35.5. The number of ether oxygens (including phenoxy) is 1. The zero-order valence-electron chi connectivity index (χ0n) is 15.0. The molecule has 0 radical (unpaired) electrons. The van der Waals surface area contributed by atoms with E-state index in [2.05, 4.69) is 5.32 Å². The molecule has 0 saturated carbocycles. The number of aliphatic hydroxyl groups excluding tert-OH is 1. The number of aryl methyl sites for hydroxylation is 1. The van der Waals surface area contributed by atoms with Gasteiger partial charge in [-0.15, -0.1) is 0 Å². The fourth-order valence-electron chi connectivity index (χ4n) is 3.47. The number of carboxylic acid groups (broad SMARTS) is 1. The van der Waals surface area contributed by atoms with Crippen LogP contribution in [0.25, 0.3) is 0 Å². The molecule has 144 valence electrons. The summed E-state index contributed by atoms with van der Waals surface area (Å²) in [5.74, 6) is 0.0907. The molecule has 0 aromatic heterocycles. The van der Waals surface area contributed by atoms with E-state index < -0.39 is 12.1 Å². The van der Waals surface area contributed by atoms with Crippen LogP contribution in [0.5, 0.6) is 5.75 Å². The first-order valence-electron chi connectivity index (χ1n) is 9.12. The molecule has 6 heteroatoms. The van der Waals surface area contributed by atoms with Crippen molar-refractivity contribution in [1.29, 1.82) is 0 Å². The zero-order chi connectivity index (χ0) is 19.2. The number of halogens is 1. The molecule has 1 aliphatic rings. The maximum Gasteiger partial charge on any atom is 0.341 e. The number of fused-ring (bicyclic) bond motifs is 1. The van der Waals surface area contributed by atoms with E-state index in [0.717, 1.165) is 31.4 Å². The summed E-state index contributed by atoms with van der Waals surface area (Å²) in [6.45, 7) is 0.966. The monoisotopic (exact) mass is 389 g/mol. The highest BCUT2D eigenvalue weighted by Crippen LogP contribution is 2.28. The van der Waals surface area contributed by atoms with Crippen molar-refractivity contribution in [3.8, 4) is 5.75 Å². The lowest BCUT2D eigenvalue weighted by Crippen LogP contribution is -2.30. The molecule has 0 spiro atoms. The fraction of sp³-hybridized carbons (Fsp3) is 0.381. The molecule has 0 bridgehead atoms. The summed E-state index contributed by atoms with van der Waals surface area (Å²) in [5.41, 5.74) is 3.32. The molecule has 2 atom stereocenters.